The molecule has 0 rings (SSSR count). The molecule has 0 heterocycles. The maximum Gasteiger partial charge on any atom is 0.0190 e. The summed E-state index contributed by atoms with van der Waals surface area (Å²) in [6.45, 7) is 11.2. The Kier molecular flexibility index (Phi) is 8.46. The Morgan fingerprint density at radius 3 is 1.85 bits per heavy atom. The minimum Gasteiger partial charge on any atom is -0.313 e. The first kappa shape index (κ1) is 12.9. The molecule has 0 spiro atoms. The molecule has 0 bridgehead atoms. The summed E-state index contributed by atoms with van der Waals surface area (Å²) in [6, 6.07) is 1.16. The van der Waals surface area contributed by atoms with E-state index >= 15 is 0 Å². The third kappa shape index (κ3) is 7.03. The molecule has 0 aliphatic carbocycles. The second-order valence-corrected chi connectivity index (χ2v) is 3.84. The highest BCUT2D eigenvalue weighted by molar-refractivity contribution is 4.73. The Bertz CT molecular complexity index is 104. The number of nitrogens with one attached hydrogen (secondary N) is 2. The van der Waals surface area contributed by atoms with E-state index in [1.54, 1.807) is 0 Å². The van der Waals surface area contributed by atoms with Gasteiger partial charge in [0.2, 0.25) is 0 Å². The van der Waals surface area contributed by atoms with E-state index in [-0.39, 0.29) is 0 Å². The summed E-state index contributed by atoms with van der Waals surface area (Å²) in [5.74, 6) is 0. The van der Waals surface area contributed by atoms with E-state index in [4.69, 9.17) is 0 Å². The van der Waals surface area contributed by atoms with Crippen LogP contribution in [0.2, 0.25) is 0 Å². The van der Waals surface area contributed by atoms with Gasteiger partial charge in [0.15, 0.2) is 0 Å². The van der Waals surface area contributed by atoms with E-state index in [1.165, 1.54) is 19.3 Å². The average molecular weight is 186 g/mol. The maximum atomic E-state index is 3.53. The Morgan fingerprint density at radius 1 is 0.846 bits per heavy atom. The van der Waals surface area contributed by atoms with Crippen molar-refractivity contribution in [2.24, 2.45) is 0 Å². The summed E-state index contributed by atoms with van der Waals surface area (Å²) in [6.07, 6.45) is 3.77. The van der Waals surface area contributed by atoms with Gasteiger partial charge in [-0.25, -0.2) is 0 Å². The molecule has 2 nitrogen and oxygen atoms in total. The molecule has 2 atom stereocenters. The zero-order valence-corrected chi connectivity index (χ0v) is 9.69. The molecule has 0 amide bonds. The largest absolute Gasteiger partial charge is 0.313 e. The van der Waals surface area contributed by atoms with E-state index in [9.17, 15) is 0 Å². The van der Waals surface area contributed by atoms with Gasteiger partial charge in [0.25, 0.3) is 0 Å². The summed E-state index contributed by atoms with van der Waals surface area (Å²) >= 11 is 0. The van der Waals surface area contributed by atoms with Crippen LogP contribution in [0.1, 0.15) is 47.0 Å². The Labute approximate surface area is 83.5 Å². The fraction of sp³-hybridized carbons (Fsp3) is 1.00. The fourth-order valence-electron chi connectivity index (χ4n) is 1.23. The molecule has 2 heteroatoms. The van der Waals surface area contributed by atoms with Gasteiger partial charge in [-0.15, -0.1) is 0 Å². The van der Waals surface area contributed by atoms with Crippen LogP contribution in [0.25, 0.3) is 0 Å². The first-order valence-electron chi connectivity index (χ1n) is 5.69. The van der Waals surface area contributed by atoms with Crippen LogP contribution in [0.5, 0.6) is 0 Å². The van der Waals surface area contributed by atoms with Crippen LogP contribution in [0.3, 0.4) is 0 Å². The zero-order chi connectivity index (χ0) is 10.1. The Balaban J connectivity index is 3.38. The van der Waals surface area contributed by atoms with Gasteiger partial charge in [-0.05, 0) is 39.8 Å². The third-order valence-corrected chi connectivity index (χ3v) is 2.46. The van der Waals surface area contributed by atoms with Gasteiger partial charge >= 0.3 is 0 Å². The van der Waals surface area contributed by atoms with Gasteiger partial charge in [0, 0.05) is 12.1 Å². The first-order valence-corrected chi connectivity index (χ1v) is 5.69. The number of hydrogen-bond acceptors (Lipinski definition) is 2. The molecule has 2 unspecified atom stereocenters. The highest BCUT2D eigenvalue weighted by atomic mass is 15.0. The summed E-state index contributed by atoms with van der Waals surface area (Å²) in [7, 11) is 0. The second kappa shape index (κ2) is 8.52. The molecule has 0 aromatic heterocycles. The topological polar surface area (TPSA) is 24.1 Å². The van der Waals surface area contributed by atoms with Crippen LogP contribution in [0.15, 0.2) is 0 Å². The number of rotatable bonds is 8. The van der Waals surface area contributed by atoms with Crippen LogP contribution < -0.4 is 10.6 Å². The summed E-state index contributed by atoms with van der Waals surface area (Å²) in [4.78, 5) is 0. The molecular weight excluding hydrogens is 160 g/mol. The molecule has 0 aliphatic rings. The lowest BCUT2D eigenvalue weighted by molar-refractivity contribution is 0.407. The van der Waals surface area contributed by atoms with Crippen molar-refractivity contribution in [2.45, 2.75) is 59.0 Å². The molecule has 13 heavy (non-hydrogen) atoms. The number of unbranched alkanes of at least 4 members (excludes halogenated alkanes) is 1. The standard InChI is InChI=1S/C11H26N2/c1-5-7-9-13-11(4)10(3)12-8-6-2/h10-13H,5-9H2,1-4H3. The van der Waals surface area contributed by atoms with Crippen molar-refractivity contribution in [3.05, 3.63) is 0 Å². The van der Waals surface area contributed by atoms with Gasteiger partial charge in [-0.3, -0.25) is 0 Å². The van der Waals surface area contributed by atoms with E-state index in [2.05, 4.69) is 38.3 Å². The first-order chi connectivity index (χ1) is 6.22. The Hall–Kier alpha value is -0.0800. The molecular formula is C11H26N2. The van der Waals surface area contributed by atoms with Gasteiger partial charge in [-0.1, -0.05) is 20.3 Å². The normalized spacial score (nSPS) is 15.7. The van der Waals surface area contributed by atoms with E-state index in [0.29, 0.717) is 12.1 Å². The predicted molar refractivity (Wildman–Crippen MR) is 60.1 cm³/mol. The van der Waals surface area contributed by atoms with Crippen molar-refractivity contribution in [1.82, 2.24) is 10.6 Å². The van der Waals surface area contributed by atoms with Crippen molar-refractivity contribution < 1.29 is 0 Å². The van der Waals surface area contributed by atoms with Gasteiger partial charge in [0.05, 0.1) is 0 Å². The van der Waals surface area contributed by atoms with E-state index < -0.39 is 0 Å². The lowest BCUT2D eigenvalue weighted by Gasteiger charge is -2.22. The molecule has 0 aliphatic heterocycles. The predicted octanol–water partition coefficient (Wildman–Crippen LogP) is 2.15. The van der Waals surface area contributed by atoms with Gasteiger partial charge in [-0.2, -0.15) is 0 Å². The van der Waals surface area contributed by atoms with Crippen molar-refractivity contribution in [3.8, 4) is 0 Å². The molecule has 2 N–H and O–H groups in total. The van der Waals surface area contributed by atoms with Crippen LogP contribution in [-0.2, 0) is 0 Å². The second-order valence-electron chi connectivity index (χ2n) is 3.84. The zero-order valence-electron chi connectivity index (χ0n) is 9.69. The molecule has 80 valence electrons. The molecule has 0 aromatic rings. The van der Waals surface area contributed by atoms with Crippen LogP contribution in [0, 0.1) is 0 Å². The smallest absolute Gasteiger partial charge is 0.0190 e. The van der Waals surface area contributed by atoms with Crippen molar-refractivity contribution in [1.29, 1.82) is 0 Å². The lowest BCUT2D eigenvalue weighted by Crippen LogP contribution is -2.44. The van der Waals surface area contributed by atoms with Crippen molar-refractivity contribution in [3.63, 3.8) is 0 Å². The van der Waals surface area contributed by atoms with Gasteiger partial charge in [0.1, 0.15) is 0 Å². The van der Waals surface area contributed by atoms with E-state index in [1.807, 2.05) is 0 Å². The number of hydrogen-bond donors (Lipinski definition) is 2. The molecule has 0 saturated heterocycles. The summed E-state index contributed by atoms with van der Waals surface area (Å²) < 4.78 is 0. The van der Waals surface area contributed by atoms with Crippen molar-refractivity contribution >= 4 is 0 Å². The highest BCUT2D eigenvalue weighted by Crippen LogP contribution is 1.93. The Morgan fingerprint density at radius 2 is 1.38 bits per heavy atom. The quantitative estimate of drug-likeness (QED) is 0.568. The minimum atomic E-state index is 0.580. The summed E-state index contributed by atoms with van der Waals surface area (Å²) in [5, 5.41) is 7.03. The summed E-state index contributed by atoms with van der Waals surface area (Å²) in [5.41, 5.74) is 0. The van der Waals surface area contributed by atoms with Crippen molar-refractivity contribution in [2.75, 3.05) is 13.1 Å². The highest BCUT2D eigenvalue weighted by Gasteiger charge is 2.08. The minimum absolute atomic E-state index is 0.580. The monoisotopic (exact) mass is 186 g/mol. The fourth-order valence-corrected chi connectivity index (χ4v) is 1.23. The molecule has 0 aromatic carbocycles. The molecule has 0 fully saturated rings. The molecule has 0 radical (unpaired) electrons. The lowest BCUT2D eigenvalue weighted by atomic mass is 10.1. The SMILES string of the molecule is CCCCNC(C)C(C)NCCC. The van der Waals surface area contributed by atoms with Crippen LogP contribution in [-0.4, -0.2) is 25.2 Å². The third-order valence-electron chi connectivity index (χ3n) is 2.46. The maximum absolute atomic E-state index is 3.53. The van der Waals surface area contributed by atoms with Crippen LogP contribution >= 0.6 is 0 Å². The molecule has 0 saturated carbocycles. The van der Waals surface area contributed by atoms with Crippen LogP contribution in [0.4, 0.5) is 0 Å². The average Bonchev–Trinajstić information content (AvgIpc) is 2.14. The van der Waals surface area contributed by atoms with E-state index in [0.717, 1.165) is 13.1 Å². The van der Waals surface area contributed by atoms with Gasteiger partial charge < -0.3 is 10.6 Å².